The van der Waals surface area contributed by atoms with Crippen molar-refractivity contribution in [1.29, 1.82) is 0 Å². The predicted molar refractivity (Wildman–Crippen MR) is 124 cm³/mol. The Bertz CT molecular complexity index is 1040. The van der Waals surface area contributed by atoms with Crippen molar-refractivity contribution in [2.24, 2.45) is 5.92 Å². The number of hydrogen-bond donors (Lipinski definition) is 1. The van der Waals surface area contributed by atoms with Gasteiger partial charge in [0.2, 0.25) is 18.6 Å². The highest BCUT2D eigenvalue weighted by atomic mass is 16.7. The lowest BCUT2D eigenvalue weighted by molar-refractivity contribution is -0.134. The van der Waals surface area contributed by atoms with Gasteiger partial charge in [-0.2, -0.15) is 0 Å². The molecule has 2 aliphatic heterocycles. The number of nitrogens with zero attached hydrogens (tertiary/aromatic N) is 1. The fraction of sp³-hybridized carbons (Fsp3) is 0.462. The van der Waals surface area contributed by atoms with Gasteiger partial charge in [0.25, 0.3) is 0 Å². The lowest BCUT2D eigenvalue weighted by Gasteiger charge is -2.33. The molecule has 1 saturated heterocycles. The molecule has 0 aromatic heterocycles. The van der Waals surface area contributed by atoms with E-state index < -0.39 is 0 Å². The van der Waals surface area contributed by atoms with E-state index in [1.165, 1.54) is 11.1 Å². The maximum absolute atomic E-state index is 13.1. The van der Waals surface area contributed by atoms with Crippen molar-refractivity contribution in [3.8, 4) is 17.2 Å². The number of ether oxygens (including phenoxy) is 3. The van der Waals surface area contributed by atoms with E-state index in [0.29, 0.717) is 49.5 Å². The summed E-state index contributed by atoms with van der Waals surface area (Å²) in [7, 11) is 1.69. The number of piperidine rings is 1. The number of hydrogen-bond acceptors (Lipinski definition) is 5. The third kappa shape index (κ3) is 4.63. The second-order valence-corrected chi connectivity index (χ2v) is 9.07. The Morgan fingerprint density at radius 1 is 1.06 bits per heavy atom. The summed E-state index contributed by atoms with van der Waals surface area (Å²) in [6, 6.07) is 11.6. The van der Waals surface area contributed by atoms with Crippen LogP contribution < -0.4 is 19.5 Å². The first-order valence-corrected chi connectivity index (χ1v) is 11.8. The molecule has 2 heterocycles. The number of likely N-dealkylation sites (tertiary alicyclic amines) is 1. The predicted octanol–water partition coefficient (Wildman–Crippen LogP) is 4.11. The van der Waals surface area contributed by atoms with Gasteiger partial charge in [-0.05, 0) is 73.4 Å². The van der Waals surface area contributed by atoms with E-state index in [0.717, 1.165) is 25.0 Å². The van der Waals surface area contributed by atoms with Crippen LogP contribution in [0.25, 0.3) is 0 Å². The number of carbonyl (C=O) groups is 2. The Hall–Kier alpha value is -3.22. The number of carbonyl (C=O) groups excluding carboxylic acids is 2. The molecule has 5 rings (SSSR count). The minimum atomic E-state index is -0.0951. The maximum Gasteiger partial charge on any atom is 0.231 e. The Labute approximate surface area is 194 Å². The van der Waals surface area contributed by atoms with Gasteiger partial charge in [-0.1, -0.05) is 6.07 Å². The molecule has 1 aliphatic carbocycles. The smallest absolute Gasteiger partial charge is 0.231 e. The fourth-order valence-corrected chi connectivity index (χ4v) is 5.18. The monoisotopic (exact) mass is 450 g/mol. The summed E-state index contributed by atoms with van der Waals surface area (Å²) >= 11 is 0. The Balaban J connectivity index is 1.14. The van der Waals surface area contributed by atoms with Crippen LogP contribution in [-0.2, 0) is 16.0 Å². The van der Waals surface area contributed by atoms with Gasteiger partial charge in [-0.15, -0.1) is 0 Å². The minimum Gasteiger partial charge on any atom is -0.497 e. The first-order valence-electron chi connectivity index (χ1n) is 11.8. The van der Waals surface area contributed by atoms with Crippen LogP contribution in [0.1, 0.15) is 49.1 Å². The van der Waals surface area contributed by atoms with E-state index in [-0.39, 0.29) is 30.4 Å². The number of rotatable bonds is 5. The Morgan fingerprint density at radius 3 is 2.70 bits per heavy atom. The molecule has 33 heavy (non-hydrogen) atoms. The van der Waals surface area contributed by atoms with Crippen molar-refractivity contribution in [3.63, 3.8) is 0 Å². The molecule has 0 saturated carbocycles. The van der Waals surface area contributed by atoms with Crippen LogP contribution in [0.2, 0.25) is 0 Å². The number of amides is 2. The second-order valence-electron chi connectivity index (χ2n) is 9.07. The zero-order chi connectivity index (χ0) is 22.8. The van der Waals surface area contributed by atoms with Crippen molar-refractivity contribution >= 4 is 17.5 Å². The number of fused-ring (bicyclic) bond motifs is 2. The Morgan fingerprint density at radius 2 is 1.88 bits per heavy atom. The van der Waals surface area contributed by atoms with Gasteiger partial charge in [-0.3, -0.25) is 9.59 Å². The summed E-state index contributed by atoms with van der Waals surface area (Å²) in [4.78, 5) is 27.7. The lowest BCUT2D eigenvalue weighted by Crippen LogP contribution is -2.42. The summed E-state index contributed by atoms with van der Waals surface area (Å²) in [6.45, 7) is 1.46. The fourth-order valence-electron chi connectivity index (χ4n) is 5.18. The molecule has 1 N–H and O–H groups in total. The van der Waals surface area contributed by atoms with Crippen molar-refractivity contribution in [2.75, 3.05) is 32.3 Å². The van der Waals surface area contributed by atoms with Crippen LogP contribution >= 0.6 is 0 Å². The molecule has 2 amide bonds. The van der Waals surface area contributed by atoms with Crippen LogP contribution in [0.5, 0.6) is 17.2 Å². The van der Waals surface area contributed by atoms with Crippen LogP contribution in [0.4, 0.5) is 5.69 Å². The van der Waals surface area contributed by atoms with Gasteiger partial charge in [0.05, 0.1) is 7.11 Å². The summed E-state index contributed by atoms with van der Waals surface area (Å²) in [6.07, 6.45) is 5.08. The standard InChI is InChI=1S/C26H30N2O5/c1-31-21-6-7-22-18(13-21)3-2-4-19(22)14-25(29)28-11-9-17(10-12-28)26(30)27-20-5-8-23-24(15-20)33-16-32-23/h5-8,13,15,17,19H,2-4,9-12,14,16H2,1H3,(H,27,30). The zero-order valence-electron chi connectivity index (χ0n) is 19.0. The zero-order valence-corrected chi connectivity index (χ0v) is 19.0. The first-order chi connectivity index (χ1) is 16.1. The van der Waals surface area contributed by atoms with Crippen molar-refractivity contribution < 1.29 is 23.8 Å². The molecule has 2 aromatic carbocycles. The molecule has 174 valence electrons. The minimum absolute atomic E-state index is 0.00359. The number of aryl methyl sites for hydroxylation is 1. The molecule has 0 bridgehead atoms. The quantitative estimate of drug-likeness (QED) is 0.742. The van der Waals surface area contributed by atoms with Gasteiger partial charge in [0, 0.05) is 37.2 Å². The average Bonchev–Trinajstić information content (AvgIpc) is 3.32. The summed E-state index contributed by atoms with van der Waals surface area (Å²) in [5.41, 5.74) is 3.29. The molecule has 1 unspecified atom stereocenters. The summed E-state index contributed by atoms with van der Waals surface area (Å²) < 4.78 is 16.1. The number of benzene rings is 2. The van der Waals surface area contributed by atoms with E-state index in [1.807, 2.05) is 17.0 Å². The van der Waals surface area contributed by atoms with Crippen LogP contribution in [0.15, 0.2) is 36.4 Å². The third-order valence-corrected chi connectivity index (χ3v) is 7.07. The molecule has 1 fully saturated rings. The normalized spacial score (nSPS) is 19.7. The summed E-state index contributed by atoms with van der Waals surface area (Å²) in [5.74, 6) is 2.58. The third-order valence-electron chi connectivity index (χ3n) is 7.07. The number of nitrogens with one attached hydrogen (secondary N) is 1. The highest BCUT2D eigenvalue weighted by molar-refractivity contribution is 5.93. The van der Waals surface area contributed by atoms with Gasteiger partial charge >= 0.3 is 0 Å². The highest BCUT2D eigenvalue weighted by Crippen LogP contribution is 2.37. The number of methoxy groups -OCH3 is 1. The van der Waals surface area contributed by atoms with E-state index in [2.05, 4.69) is 17.4 Å². The van der Waals surface area contributed by atoms with Crippen LogP contribution in [-0.4, -0.2) is 43.7 Å². The molecule has 0 radical (unpaired) electrons. The SMILES string of the molecule is COc1ccc2c(c1)CCCC2CC(=O)N1CCC(C(=O)Nc2ccc3c(c2)OCO3)CC1. The van der Waals surface area contributed by atoms with Gasteiger partial charge < -0.3 is 24.4 Å². The molecular formula is C26H30N2O5. The second kappa shape index (κ2) is 9.33. The van der Waals surface area contributed by atoms with Gasteiger partial charge in [-0.25, -0.2) is 0 Å². The van der Waals surface area contributed by atoms with Crippen LogP contribution in [0, 0.1) is 5.92 Å². The molecule has 3 aliphatic rings. The van der Waals surface area contributed by atoms with Gasteiger partial charge in [0.15, 0.2) is 11.5 Å². The Kier molecular flexibility index (Phi) is 6.11. The van der Waals surface area contributed by atoms with Gasteiger partial charge in [0.1, 0.15) is 5.75 Å². The molecule has 0 spiro atoms. The van der Waals surface area contributed by atoms with E-state index in [4.69, 9.17) is 14.2 Å². The average molecular weight is 451 g/mol. The van der Waals surface area contributed by atoms with E-state index in [9.17, 15) is 9.59 Å². The lowest BCUT2D eigenvalue weighted by atomic mass is 9.80. The van der Waals surface area contributed by atoms with E-state index in [1.54, 1.807) is 19.2 Å². The molecule has 7 nitrogen and oxygen atoms in total. The van der Waals surface area contributed by atoms with Crippen LogP contribution in [0.3, 0.4) is 0 Å². The largest absolute Gasteiger partial charge is 0.497 e. The first kappa shape index (κ1) is 21.6. The molecule has 1 atom stereocenters. The number of anilines is 1. The van der Waals surface area contributed by atoms with Crippen molar-refractivity contribution in [2.45, 2.75) is 44.4 Å². The highest BCUT2D eigenvalue weighted by Gasteiger charge is 2.30. The van der Waals surface area contributed by atoms with E-state index >= 15 is 0 Å². The molecule has 2 aromatic rings. The topological polar surface area (TPSA) is 77.1 Å². The maximum atomic E-state index is 13.1. The molecule has 7 heteroatoms. The summed E-state index contributed by atoms with van der Waals surface area (Å²) in [5, 5.41) is 2.98. The van der Waals surface area contributed by atoms with Crippen molar-refractivity contribution in [1.82, 2.24) is 4.90 Å². The molecular weight excluding hydrogens is 420 g/mol. The van der Waals surface area contributed by atoms with Crippen molar-refractivity contribution in [3.05, 3.63) is 47.5 Å².